The van der Waals surface area contributed by atoms with Crippen molar-refractivity contribution in [3.05, 3.63) is 29.8 Å². The van der Waals surface area contributed by atoms with Crippen LogP contribution >= 0.6 is 0 Å². The zero-order valence-corrected chi connectivity index (χ0v) is 13.5. The van der Waals surface area contributed by atoms with Gasteiger partial charge in [0.25, 0.3) is 0 Å². The highest BCUT2D eigenvalue weighted by molar-refractivity contribution is 6.09. The van der Waals surface area contributed by atoms with Gasteiger partial charge in [-0.3, -0.25) is 25.0 Å². The second kappa shape index (κ2) is 5.90. The summed E-state index contributed by atoms with van der Waals surface area (Å²) < 4.78 is 5.53. The number of amides is 2. The number of aliphatic carboxylic acids is 1. The summed E-state index contributed by atoms with van der Waals surface area (Å²) in [6, 6.07) is 6.62. The first-order valence-electron chi connectivity index (χ1n) is 7.97. The highest BCUT2D eigenvalue weighted by Gasteiger charge is 2.64. The number of hydrogen-bond acceptors (Lipinski definition) is 5. The maximum absolute atomic E-state index is 12.2. The van der Waals surface area contributed by atoms with Crippen molar-refractivity contribution >= 4 is 17.8 Å². The largest absolute Gasteiger partial charge is 0.494 e. The monoisotopic (exact) mass is 332 g/mol. The van der Waals surface area contributed by atoms with Crippen LogP contribution in [-0.2, 0) is 14.4 Å². The Morgan fingerprint density at radius 2 is 1.92 bits per heavy atom. The lowest BCUT2D eigenvalue weighted by molar-refractivity contribution is -0.148. The topological polar surface area (TPSA) is 105 Å². The van der Waals surface area contributed by atoms with Crippen molar-refractivity contribution in [1.82, 2.24) is 10.6 Å². The molecule has 1 aromatic carbocycles. The van der Waals surface area contributed by atoms with Crippen molar-refractivity contribution in [2.45, 2.75) is 31.8 Å². The summed E-state index contributed by atoms with van der Waals surface area (Å²) >= 11 is 0. The third kappa shape index (κ3) is 2.45. The molecule has 2 amide bonds. The number of carboxylic acids is 1. The molecule has 3 rings (SSSR count). The molecule has 7 heteroatoms. The lowest BCUT2D eigenvalue weighted by Gasteiger charge is -2.24. The lowest BCUT2D eigenvalue weighted by Crippen LogP contribution is -2.52. The lowest BCUT2D eigenvalue weighted by atomic mass is 9.80. The van der Waals surface area contributed by atoms with Gasteiger partial charge in [0.2, 0.25) is 11.8 Å². The van der Waals surface area contributed by atoms with Gasteiger partial charge in [0.05, 0.1) is 18.4 Å². The van der Waals surface area contributed by atoms with E-state index in [2.05, 4.69) is 10.6 Å². The fourth-order valence-corrected chi connectivity index (χ4v) is 3.54. The van der Waals surface area contributed by atoms with E-state index in [1.807, 2.05) is 6.92 Å². The van der Waals surface area contributed by atoms with Crippen molar-refractivity contribution in [3.63, 3.8) is 0 Å². The van der Waals surface area contributed by atoms with Crippen LogP contribution in [0.2, 0.25) is 0 Å². The van der Waals surface area contributed by atoms with E-state index < -0.39 is 41.2 Å². The SMILES string of the molecule is CCCOc1ccc(C2NC(C)(C(=O)O)C3C(=O)NC(=O)C23)cc1. The Kier molecular flexibility index (Phi) is 4.04. The van der Waals surface area contributed by atoms with Gasteiger partial charge >= 0.3 is 5.97 Å². The average molecular weight is 332 g/mol. The van der Waals surface area contributed by atoms with Crippen LogP contribution in [0.1, 0.15) is 31.9 Å². The quantitative estimate of drug-likeness (QED) is 0.691. The molecule has 0 spiro atoms. The van der Waals surface area contributed by atoms with Crippen LogP contribution in [0.4, 0.5) is 0 Å². The molecule has 0 aliphatic carbocycles. The van der Waals surface area contributed by atoms with Gasteiger partial charge in [0.1, 0.15) is 11.3 Å². The number of carboxylic acid groups (broad SMARTS) is 1. The molecule has 0 aromatic heterocycles. The predicted octanol–water partition coefficient (Wildman–Crippen LogP) is 0.852. The molecule has 128 valence electrons. The molecule has 24 heavy (non-hydrogen) atoms. The third-order valence-electron chi connectivity index (χ3n) is 4.78. The highest BCUT2D eigenvalue weighted by atomic mass is 16.5. The van der Waals surface area contributed by atoms with E-state index in [4.69, 9.17) is 4.74 Å². The van der Waals surface area contributed by atoms with Crippen molar-refractivity contribution in [2.24, 2.45) is 11.8 Å². The maximum Gasteiger partial charge on any atom is 0.324 e. The number of hydrogen-bond donors (Lipinski definition) is 3. The average Bonchev–Trinajstić information content (AvgIpc) is 3.03. The number of rotatable bonds is 5. The van der Waals surface area contributed by atoms with E-state index in [1.54, 1.807) is 24.3 Å². The highest BCUT2D eigenvalue weighted by Crippen LogP contribution is 2.46. The van der Waals surface area contributed by atoms with Crippen LogP contribution in [0.3, 0.4) is 0 Å². The number of benzene rings is 1. The second-order valence-electron chi connectivity index (χ2n) is 6.40. The van der Waals surface area contributed by atoms with E-state index in [0.29, 0.717) is 12.4 Å². The Morgan fingerprint density at radius 3 is 2.50 bits per heavy atom. The van der Waals surface area contributed by atoms with Gasteiger partial charge in [0.15, 0.2) is 0 Å². The Balaban J connectivity index is 1.92. The van der Waals surface area contributed by atoms with Crippen molar-refractivity contribution in [3.8, 4) is 5.75 Å². The van der Waals surface area contributed by atoms with Crippen LogP contribution in [0.5, 0.6) is 5.75 Å². The van der Waals surface area contributed by atoms with Crippen LogP contribution in [0.25, 0.3) is 0 Å². The Morgan fingerprint density at radius 1 is 1.25 bits per heavy atom. The molecular weight excluding hydrogens is 312 g/mol. The summed E-state index contributed by atoms with van der Waals surface area (Å²) in [6.07, 6.45) is 0.898. The van der Waals surface area contributed by atoms with E-state index in [0.717, 1.165) is 12.0 Å². The number of ether oxygens (including phenoxy) is 1. The Labute approximate surface area is 139 Å². The third-order valence-corrected chi connectivity index (χ3v) is 4.78. The number of carbonyl (C=O) groups is 3. The molecule has 2 fully saturated rings. The minimum atomic E-state index is -1.48. The van der Waals surface area contributed by atoms with Gasteiger partial charge in [-0.15, -0.1) is 0 Å². The molecular formula is C17H20N2O5. The van der Waals surface area contributed by atoms with Crippen LogP contribution in [0, 0.1) is 11.8 Å². The van der Waals surface area contributed by atoms with Crippen molar-refractivity contribution in [1.29, 1.82) is 0 Å². The Hall–Kier alpha value is -2.41. The molecule has 4 unspecified atom stereocenters. The molecule has 3 N–H and O–H groups in total. The molecule has 2 saturated heterocycles. The van der Waals surface area contributed by atoms with Gasteiger partial charge in [-0.1, -0.05) is 19.1 Å². The predicted molar refractivity (Wildman–Crippen MR) is 84.3 cm³/mol. The summed E-state index contributed by atoms with van der Waals surface area (Å²) in [4.78, 5) is 36.0. The van der Waals surface area contributed by atoms with Gasteiger partial charge in [0, 0.05) is 6.04 Å². The molecule has 7 nitrogen and oxygen atoms in total. The van der Waals surface area contributed by atoms with E-state index in [9.17, 15) is 19.5 Å². The minimum Gasteiger partial charge on any atom is -0.494 e. The molecule has 0 bridgehead atoms. The molecule has 0 radical (unpaired) electrons. The van der Waals surface area contributed by atoms with Gasteiger partial charge in [-0.2, -0.15) is 0 Å². The zero-order valence-electron chi connectivity index (χ0n) is 13.5. The molecule has 2 heterocycles. The number of imide groups is 1. The molecule has 1 aromatic rings. The number of fused-ring (bicyclic) bond motifs is 1. The summed E-state index contributed by atoms with van der Waals surface area (Å²) in [5.74, 6) is -3.06. The zero-order chi connectivity index (χ0) is 17.5. The molecule has 4 atom stereocenters. The van der Waals surface area contributed by atoms with Crippen molar-refractivity contribution < 1.29 is 24.2 Å². The molecule has 0 saturated carbocycles. The maximum atomic E-state index is 12.2. The summed E-state index contributed by atoms with van der Waals surface area (Å²) in [5, 5.41) is 14.8. The molecule has 2 aliphatic rings. The Bertz CT molecular complexity index is 687. The van der Waals surface area contributed by atoms with Gasteiger partial charge in [-0.25, -0.2) is 0 Å². The second-order valence-corrected chi connectivity index (χ2v) is 6.40. The van der Waals surface area contributed by atoms with Crippen molar-refractivity contribution in [2.75, 3.05) is 6.61 Å². The van der Waals surface area contributed by atoms with E-state index >= 15 is 0 Å². The van der Waals surface area contributed by atoms with E-state index in [-0.39, 0.29) is 0 Å². The first kappa shape index (κ1) is 16.4. The fraction of sp³-hybridized carbons (Fsp3) is 0.471. The normalized spacial score (nSPS) is 31.7. The number of carbonyl (C=O) groups excluding carboxylic acids is 2. The summed E-state index contributed by atoms with van der Waals surface area (Å²) in [5.41, 5.74) is -0.730. The standard InChI is InChI=1S/C17H20N2O5/c1-3-8-24-10-6-4-9(5-7-10)13-11-12(15(21)18-14(11)20)17(2,19-13)16(22)23/h4-7,11-13,19H,3,8H2,1-2H3,(H,22,23)(H,18,20,21). The van der Waals surface area contributed by atoms with Crippen LogP contribution < -0.4 is 15.4 Å². The van der Waals surface area contributed by atoms with Gasteiger partial charge in [-0.05, 0) is 31.0 Å². The minimum absolute atomic E-state index is 0.432. The summed E-state index contributed by atoms with van der Waals surface area (Å²) in [7, 11) is 0. The first-order chi connectivity index (χ1) is 11.4. The van der Waals surface area contributed by atoms with Gasteiger partial charge < -0.3 is 9.84 Å². The smallest absolute Gasteiger partial charge is 0.324 e. The fourth-order valence-electron chi connectivity index (χ4n) is 3.54. The van der Waals surface area contributed by atoms with Crippen LogP contribution in [0.15, 0.2) is 24.3 Å². The number of nitrogens with one attached hydrogen (secondary N) is 2. The first-order valence-corrected chi connectivity index (χ1v) is 7.97. The van der Waals surface area contributed by atoms with E-state index in [1.165, 1.54) is 6.92 Å². The summed E-state index contributed by atoms with van der Waals surface area (Å²) in [6.45, 7) is 4.07. The molecule has 2 aliphatic heterocycles. The van der Waals surface area contributed by atoms with Crippen LogP contribution in [-0.4, -0.2) is 35.0 Å².